The molecule has 0 amide bonds. The fourth-order valence-corrected chi connectivity index (χ4v) is 4.53. The highest BCUT2D eigenvalue weighted by Crippen LogP contribution is 2.37. The minimum atomic E-state index is 0.0582. The summed E-state index contributed by atoms with van der Waals surface area (Å²) in [6.07, 6.45) is 2.46. The third kappa shape index (κ3) is 8.33. The van der Waals surface area contributed by atoms with Gasteiger partial charge in [-0.25, -0.2) is 0 Å². The van der Waals surface area contributed by atoms with Gasteiger partial charge in [-0.2, -0.15) is 0 Å². The summed E-state index contributed by atoms with van der Waals surface area (Å²) in [6.45, 7) is 8.97. The van der Waals surface area contributed by atoms with E-state index in [0.717, 1.165) is 28.7 Å². The molecule has 0 spiro atoms. The zero-order valence-electron chi connectivity index (χ0n) is 24.4. The maximum absolute atomic E-state index is 9.19. The third-order valence-electron chi connectivity index (χ3n) is 6.82. The van der Waals surface area contributed by atoms with Crippen LogP contribution in [0, 0.1) is 0 Å². The summed E-state index contributed by atoms with van der Waals surface area (Å²) in [6, 6.07) is 21.9. The number of benzene rings is 3. The molecule has 0 radical (unpaired) electrons. The van der Waals surface area contributed by atoms with Gasteiger partial charge in [0.15, 0.2) is 11.5 Å². The lowest BCUT2D eigenvalue weighted by Crippen LogP contribution is -2.31. The monoisotopic (exact) mass is 559 g/mol. The molecule has 1 heterocycles. The molecule has 0 aliphatic carbocycles. The molecule has 0 saturated carbocycles. The highest BCUT2D eigenvalue weighted by Gasteiger charge is 2.14. The number of aromatic nitrogens is 1. The van der Waals surface area contributed by atoms with E-state index in [1.54, 1.807) is 13.3 Å². The molecule has 3 N–H and O–H groups in total. The fourth-order valence-electron chi connectivity index (χ4n) is 4.53. The summed E-state index contributed by atoms with van der Waals surface area (Å²) >= 11 is 0. The SMILES string of the molecule is COc1cc2c(Oc3ccc(Nc4ccc(C(C)(C)C)cc4)cc3)ccnc2cc1OCCCN(CCO)CCO. The van der Waals surface area contributed by atoms with Crippen LogP contribution in [0.15, 0.2) is 72.9 Å². The molecule has 1 aromatic heterocycles. The van der Waals surface area contributed by atoms with Crippen molar-refractivity contribution >= 4 is 22.3 Å². The van der Waals surface area contributed by atoms with Crippen LogP contribution < -0.4 is 19.5 Å². The number of pyridine rings is 1. The summed E-state index contributed by atoms with van der Waals surface area (Å²) in [7, 11) is 1.61. The van der Waals surface area contributed by atoms with E-state index >= 15 is 0 Å². The highest BCUT2D eigenvalue weighted by atomic mass is 16.5. The van der Waals surface area contributed by atoms with Crippen LogP contribution in [0.1, 0.15) is 32.8 Å². The zero-order chi connectivity index (χ0) is 29.2. The molecule has 41 heavy (non-hydrogen) atoms. The second-order valence-electron chi connectivity index (χ2n) is 10.9. The molecule has 4 rings (SSSR count). The molecule has 0 saturated heterocycles. The van der Waals surface area contributed by atoms with Gasteiger partial charge in [-0.1, -0.05) is 32.9 Å². The Hall–Kier alpha value is -3.85. The largest absolute Gasteiger partial charge is 0.493 e. The van der Waals surface area contributed by atoms with E-state index in [0.29, 0.717) is 49.2 Å². The Kier molecular flexibility index (Phi) is 10.4. The number of nitrogens with one attached hydrogen (secondary N) is 1. The van der Waals surface area contributed by atoms with Crippen LogP contribution in [0.5, 0.6) is 23.0 Å². The van der Waals surface area contributed by atoms with Gasteiger partial charge in [-0.3, -0.25) is 9.88 Å². The first-order valence-electron chi connectivity index (χ1n) is 14.0. The molecule has 0 aliphatic heterocycles. The van der Waals surface area contributed by atoms with Crippen molar-refractivity contribution in [1.82, 2.24) is 9.88 Å². The number of aliphatic hydroxyl groups excluding tert-OH is 2. The van der Waals surface area contributed by atoms with E-state index in [-0.39, 0.29) is 18.6 Å². The van der Waals surface area contributed by atoms with Gasteiger partial charge in [0.1, 0.15) is 11.5 Å². The summed E-state index contributed by atoms with van der Waals surface area (Å²) in [5.41, 5.74) is 4.16. The first-order chi connectivity index (χ1) is 19.8. The minimum Gasteiger partial charge on any atom is -0.493 e. The summed E-state index contributed by atoms with van der Waals surface area (Å²) < 4.78 is 17.9. The number of aliphatic hydroxyl groups is 2. The van der Waals surface area contributed by atoms with Crippen molar-refractivity contribution in [2.75, 3.05) is 51.9 Å². The Morgan fingerprint density at radius 2 is 1.46 bits per heavy atom. The lowest BCUT2D eigenvalue weighted by Gasteiger charge is -2.20. The Balaban J connectivity index is 1.41. The predicted octanol–water partition coefficient (Wildman–Crippen LogP) is 6.13. The van der Waals surface area contributed by atoms with Gasteiger partial charge in [0.25, 0.3) is 0 Å². The van der Waals surface area contributed by atoms with Crippen LogP contribution in [0.25, 0.3) is 10.9 Å². The van der Waals surface area contributed by atoms with E-state index in [2.05, 4.69) is 55.3 Å². The third-order valence-corrected chi connectivity index (χ3v) is 6.82. The Labute approximate surface area is 242 Å². The van der Waals surface area contributed by atoms with Gasteiger partial charge in [0.05, 0.1) is 32.4 Å². The van der Waals surface area contributed by atoms with Crippen LogP contribution in [0.2, 0.25) is 0 Å². The van der Waals surface area contributed by atoms with Crippen molar-refractivity contribution in [3.05, 3.63) is 78.5 Å². The van der Waals surface area contributed by atoms with Crippen molar-refractivity contribution in [2.24, 2.45) is 0 Å². The van der Waals surface area contributed by atoms with Crippen molar-refractivity contribution in [3.63, 3.8) is 0 Å². The second kappa shape index (κ2) is 14.2. The lowest BCUT2D eigenvalue weighted by molar-refractivity contribution is 0.152. The maximum atomic E-state index is 9.19. The molecule has 0 unspecified atom stereocenters. The van der Waals surface area contributed by atoms with Crippen LogP contribution in [0.4, 0.5) is 11.4 Å². The topological polar surface area (TPSA) is 96.3 Å². The van der Waals surface area contributed by atoms with Crippen molar-refractivity contribution < 1.29 is 24.4 Å². The number of methoxy groups -OCH3 is 1. The molecule has 8 nitrogen and oxygen atoms in total. The second-order valence-corrected chi connectivity index (χ2v) is 10.9. The van der Waals surface area contributed by atoms with Crippen LogP contribution >= 0.6 is 0 Å². The molecule has 218 valence electrons. The average molecular weight is 560 g/mol. The number of fused-ring (bicyclic) bond motifs is 1. The van der Waals surface area contributed by atoms with E-state index in [4.69, 9.17) is 14.2 Å². The van der Waals surface area contributed by atoms with Crippen LogP contribution in [-0.4, -0.2) is 66.7 Å². The summed E-state index contributed by atoms with van der Waals surface area (Å²) in [5.74, 6) is 2.57. The number of hydrogen-bond donors (Lipinski definition) is 3. The molecule has 0 aliphatic rings. The van der Waals surface area contributed by atoms with E-state index in [1.807, 2.05) is 47.4 Å². The molecule has 3 aromatic carbocycles. The van der Waals surface area contributed by atoms with Crippen LogP contribution in [0.3, 0.4) is 0 Å². The van der Waals surface area contributed by atoms with Gasteiger partial charge in [0, 0.05) is 48.7 Å². The summed E-state index contributed by atoms with van der Waals surface area (Å²) in [5, 5.41) is 22.6. The minimum absolute atomic E-state index is 0.0582. The van der Waals surface area contributed by atoms with Crippen molar-refractivity contribution in [2.45, 2.75) is 32.6 Å². The quantitative estimate of drug-likeness (QED) is 0.159. The standard InChI is InChI=1S/C33H41N3O5/c1-33(2,3)24-6-8-25(9-7-24)35-26-10-12-27(13-11-26)41-30-14-15-34-29-23-32(31(39-4)22-28(29)30)40-21-5-16-36(17-19-37)18-20-38/h6-15,22-23,35,37-38H,5,16-21H2,1-4H3. The number of rotatable bonds is 14. The summed E-state index contributed by atoms with van der Waals surface area (Å²) in [4.78, 5) is 6.52. The molecular formula is C33H41N3O5. The van der Waals surface area contributed by atoms with Gasteiger partial charge in [-0.15, -0.1) is 0 Å². The number of ether oxygens (including phenoxy) is 3. The van der Waals surface area contributed by atoms with E-state index in [9.17, 15) is 10.2 Å². The van der Waals surface area contributed by atoms with Crippen LogP contribution in [-0.2, 0) is 5.41 Å². The number of nitrogens with zero attached hydrogens (tertiary/aromatic N) is 2. The maximum Gasteiger partial charge on any atom is 0.163 e. The lowest BCUT2D eigenvalue weighted by atomic mass is 9.87. The van der Waals surface area contributed by atoms with Gasteiger partial charge < -0.3 is 29.7 Å². The number of hydrogen-bond acceptors (Lipinski definition) is 8. The van der Waals surface area contributed by atoms with Gasteiger partial charge >= 0.3 is 0 Å². The van der Waals surface area contributed by atoms with Crippen molar-refractivity contribution in [1.29, 1.82) is 0 Å². The normalized spacial score (nSPS) is 11.6. The van der Waals surface area contributed by atoms with E-state index in [1.165, 1.54) is 5.56 Å². The molecule has 4 aromatic rings. The first-order valence-corrected chi connectivity index (χ1v) is 14.0. The molecule has 0 atom stereocenters. The average Bonchev–Trinajstić information content (AvgIpc) is 2.96. The Morgan fingerprint density at radius 3 is 2.07 bits per heavy atom. The predicted molar refractivity (Wildman–Crippen MR) is 164 cm³/mol. The Morgan fingerprint density at radius 1 is 0.805 bits per heavy atom. The smallest absolute Gasteiger partial charge is 0.163 e. The zero-order valence-corrected chi connectivity index (χ0v) is 24.4. The van der Waals surface area contributed by atoms with Gasteiger partial charge in [-0.05, 0) is 65.9 Å². The van der Waals surface area contributed by atoms with E-state index < -0.39 is 0 Å². The van der Waals surface area contributed by atoms with Crippen molar-refractivity contribution in [3.8, 4) is 23.0 Å². The molecule has 8 heteroatoms. The Bertz CT molecular complexity index is 1380. The molecule has 0 bridgehead atoms. The highest BCUT2D eigenvalue weighted by molar-refractivity contribution is 5.88. The molecular weight excluding hydrogens is 518 g/mol. The first kappa shape index (κ1) is 30.1. The molecule has 0 fully saturated rings. The van der Waals surface area contributed by atoms with Gasteiger partial charge in [0.2, 0.25) is 0 Å². The number of anilines is 2. The fraction of sp³-hybridized carbons (Fsp3) is 0.364.